The van der Waals surface area contributed by atoms with Gasteiger partial charge in [0.25, 0.3) is 0 Å². The fourth-order valence-corrected chi connectivity index (χ4v) is 1.97. The van der Waals surface area contributed by atoms with Crippen LogP contribution in [-0.4, -0.2) is 43.7 Å². The van der Waals surface area contributed by atoms with Crippen LogP contribution in [0, 0.1) is 5.92 Å². The van der Waals surface area contributed by atoms with E-state index >= 15 is 0 Å². The Bertz CT molecular complexity index is 578. The van der Waals surface area contributed by atoms with Gasteiger partial charge >= 0.3 is 5.97 Å². The van der Waals surface area contributed by atoms with Crippen LogP contribution in [0.2, 0.25) is 0 Å². The Morgan fingerprint density at radius 3 is 3.11 bits per heavy atom. The Labute approximate surface area is 103 Å². The zero-order valence-corrected chi connectivity index (χ0v) is 9.73. The highest BCUT2D eigenvalue weighted by Gasteiger charge is 2.27. The first kappa shape index (κ1) is 10.9. The number of aromatic nitrogens is 4. The van der Waals surface area contributed by atoms with E-state index in [1.165, 1.54) is 0 Å². The molecule has 1 saturated carbocycles. The molecule has 2 aromatic rings. The van der Waals surface area contributed by atoms with E-state index < -0.39 is 5.97 Å². The number of carboxylic acids is 1. The summed E-state index contributed by atoms with van der Waals surface area (Å²) in [4.78, 5) is 17.0. The lowest BCUT2D eigenvalue weighted by Gasteiger charge is -2.21. The van der Waals surface area contributed by atoms with Crippen molar-refractivity contribution in [1.82, 2.24) is 19.6 Å². The first-order valence-electron chi connectivity index (χ1n) is 5.85. The number of hydrogen-bond donors (Lipinski definition) is 1. The molecule has 1 N–H and O–H groups in total. The lowest BCUT2D eigenvalue weighted by atomic mass is 10.3. The average Bonchev–Trinajstić information content (AvgIpc) is 3.02. The fraction of sp³-hybridized carbons (Fsp3) is 0.455. The predicted molar refractivity (Wildman–Crippen MR) is 63.4 cm³/mol. The summed E-state index contributed by atoms with van der Waals surface area (Å²) < 4.78 is 1.74. The van der Waals surface area contributed by atoms with Crippen molar-refractivity contribution >= 4 is 17.4 Å². The Hall–Kier alpha value is -2.18. The van der Waals surface area contributed by atoms with E-state index in [4.69, 9.17) is 5.11 Å². The quantitative estimate of drug-likeness (QED) is 0.824. The van der Waals surface area contributed by atoms with E-state index in [1.54, 1.807) is 28.0 Å². The smallest absolute Gasteiger partial charge is 0.323 e. The Balaban J connectivity index is 1.96. The molecule has 1 fully saturated rings. The van der Waals surface area contributed by atoms with E-state index in [-0.39, 0.29) is 6.54 Å². The molecule has 1 aliphatic carbocycles. The number of rotatable bonds is 5. The molecular formula is C11H13N5O2. The normalized spacial score (nSPS) is 14.9. The number of hydrogen-bond acceptors (Lipinski definition) is 5. The number of carbonyl (C=O) groups is 1. The van der Waals surface area contributed by atoms with Gasteiger partial charge in [-0.25, -0.2) is 4.98 Å². The van der Waals surface area contributed by atoms with Gasteiger partial charge in [0.05, 0.1) is 0 Å². The van der Waals surface area contributed by atoms with Gasteiger partial charge in [0, 0.05) is 18.9 Å². The van der Waals surface area contributed by atoms with Gasteiger partial charge in [-0.1, -0.05) is 0 Å². The minimum Gasteiger partial charge on any atom is -0.480 e. The summed E-state index contributed by atoms with van der Waals surface area (Å²) in [6, 6.07) is 0. The van der Waals surface area contributed by atoms with Crippen molar-refractivity contribution in [3.63, 3.8) is 0 Å². The summed E-state index contributed by atoms with van der Waals surface area (Å²) in [7, 11) is 0. The molecule has 0 aliphatic heterocycles. The van der Waals surface area contributed by atoms with Crippen LogP contribution in [0.1, 0.15) is 12.8 Å². The maximum atomic E-state index is 10.9. The molecule has 2 heterocycles. The van der Waals surface area contributed by atoms with Crippen LogP contribution < -0.4 is 4.90 Å². The van der Waals surface area contributed by atoms with Crippen molar-refractivity contribution in [2.24, 2.45) is 5.92 Å². The minimum atomic E-state index is -0.862. The third-order valence-corrected chi connectivity index (χ3v) is 3.00. The van der Waals surface area contributed by atoms with Crippen LogP contribution in [0.15, 0.2) is 18.7 Å². The lowest BCUT2D eigenvalue weighted by Crippen LogP contribution is -2.32. The van der Waals surface area contributed by atoms with Gasteiger partial charge in [-0.15, -0.1) is 10.2 Å². The second kappa shape index (κ2) is 4.25. The highest BCUT2D eigenvalue weighted by molar-refractivity contribution is 5.76. The number of nitrogens with zero attached hydrogens (tertiary/aromatic N) is 5. The third kappa shape index (κ3) is 2.11. The summed E-state index contributed by atoms with van der Waals surface area (Å²) >= 11 is 0. The molecule has 18 heavy (non-hydrogen) atoms. The van der Waals surface area contributed by atoms with Gasteiger partial charge in [0.1, 0.15) is 12.9 Å². The van der Waals surface area contributed by atoms with Crippen LogP contribution in [0.25, 0.3) is 5.65 Å². The molecule has 1 aliphatic rings. The highest BCUT2D eigenvalue weighted by Crippen LogP contribution is 2.31. The number of anilines is 1. The molecule has 0 aromatic carbocycles. The van der Waals surface area contributed by atoms with E-state index in [1.807, 2.05) is 0 Å². The van der Waals surface area contributed by atoms with Gasteiger partial charge in [0.15, 0.2) is 5.82 Å². The number of carboxylic acid groups (broad SMARTS) is 1. The first-order valence-corrected chi connectivity index (χ1v) is 5.85. The molecule has 0 radical (unpaired) electrons. The second-order valence-electron chi connectivity index (χ2n) is 4.53. The fourth-order valence-electron chi connectivity index (χ4n) is 1.97. The standard InChI is InChI=1S/C11H13N5O2/c17-9(18)6-16(5-8-1-2-8)10-11-14-13-7-15(11)4-3-12-10/h3-4,7-8H,1-2,5-6H2,(H,17,18). The van der Waals surface area contributed by atoms with Crippen molar-refractivity contribution in [1.29, 1.82) is 0 Å². The van der Waals surface area contributed by atoms with E-state index in [0.29, 0.717) is 23.9 Å². The average molecular weight is 247 g/mol. The third-order valence-electron chi connectivity index (χ3n) is 3.00. The summed E-state index contributed by atoms with van der Waals surface area (Å²) in [6.07, 6.45) is 7.27. The molecule has 7 nitrogen and oxygen atoms in total. The SMILES string of the molecule is O=C(O)CN(CC1CC1)c1nccn2cnnc12. The van der Waals surface area contributed by atoms with Crippen molar-refractivity contribution in [2.75, 3.05) is 18.0 Å². The predicted octanol–water partition coefficient (Wildman–Crippen LogP) is 0.425. The molecule has 0 atom stereocenters. The minimum absolute atomic E-state index is 0.0595. The Morgan fingerprint density at radius 2 is 2.39 bits per heavy atom. The molecule has 0 bridgehead atoms. The van der Waals surface area contributed by atoms with Crippen LogP contribution in [0.5, 0.6) is 0 Å². The van der Waals surface area contributed by atoms with Crippen LogP contribution in [0.4, 0.5) is 5.82 Å². The van der Waals surface area contributed by atoms with E-state index in [0.717, 1.165) is 12.8 Å². The zero-order valence-electron chi connectivity index (χ0n) is 9.73. The summed E-state index contributed by atoms with van der Waals surface area (Å²) in [6.45, 7) is 0.655. The molecular weight excluding hydrogens is 234 g/mol. The van der Waals surface area contributed by atoms with Gasteiger partial charge < -0.3 is 10.0 Å². The van der Waals surface area contributed by atoms with Crippen molar-refractivity contribution in [3.05, 3.63) is 18.7 Å². The number of fused-ring (bicyclic) bond motifs is 1. The van der Waals surface area contributed by atoms with Gasteiger partial charge in [-0.2, -0.15) is 0 Å². The molecule has 3 rings (SSSR count). The largest absolute Gasteiger partial charge is 0.480 e. The Kier molecular flexibility index (Phi) is 2.58. The van der Waals surface area contributed by atoms with Crippen molar-refractivity contribution in [3.8, 4) is 0 Å². The van der Waals surface area contributed by atoms with Gasteiger partial charge in [0.2, 0.25) is 5.65 Å². The van der Waals surface area contributed by atoms with Crippen molar-refractivity contribution < 1.29 is 9.90 Å². The molecule has 94 valence electrons. The zero-order chi connectivity index (χ0) is 12.5. The number of aliphatic carboxylic acids is 1. The van der Waals surface area contributed by atoms with Crippen LogP contribution in [0.3, 0.4) is 0 Å². The molecule has 0 spiro atoms. The molecule has 0 unspecified atom stereocenters. The molecule has 0 saturated heterocycles. The van der Waals surface area contributed by atoms with Crippen LogP contribution in [-0.2, 0) is 4.79 Å². The summed E-state index contributed by atoms with van der Waals surface area (Å²) in [5.74, 6) is 0.303. The monoisotopic (exact) mass is 247 g/mol. The Morgan fingerprint density at radius 1 is 1.56 bits per heavy atom. The molecule has 0 amide bonds. The highest BCUT2D eigenvalue weighted by atomic mass is 16.4. The van der Waals surface area contributed by atoms with E-state index in [9.17, 15) is 4.79 Å². The molecule has 2 aromatic heterocycles. The van der Waals surface area contributed by atoms with E-state index in [2.05, 4.69) is 15.2 Å². The second-order valence-corrected chi connectivity index (χ2v) is 4.53. The maximum absolute atomic E-state index is 10.9. The first-order chi connectivity index (χ1) is 8.74. The van der Waals surface area contributed by atoms with Gasteiger partial charge in [-0.05, 0) is 18.8 Å². The maximum Gasteiger partial charge on any atom is 0.323 e. The summed E-state index contributed by atoms with van der Waals surface area (Å²) in [5.41, 5.74) is 0.597. The van der Waals surface area contributed by atoms with Gasteiger partial charge in [-0.3, -0.25) is 9.20 Å². The topological polar surface area (TPSA) is 83.6 Å². The van der Waals surface area contributed by atoms with Crippen molar-refractivity contribution in [2.45, 2.75) is 12.8 Å². The van der Waals surface area contributed by atoms with Crippen LogP contribution >= 0.6 is 0 Å². The lowest BCUT2D eigenvalue weighted by molar-refractivity contribution is -0.135. The molecule has 7 heteroatoms. The summed E-state index contributed by atoms with van der Waals surface area (Å²) in [5, 5.41) is 16.8.